The molecule has 0 saturated carbocycles. The predicted molar refractivity (Wildman–Crippen MR) is 239 cm³/mol. The molecule has 0 radical (unpaired) electrons. The van der Waals surface area contributed by atoms with E-state index in [0.29, 0.717) is 48.9 Å². The van der Waals surface area contributed by atoms with Crippen LogP contribution in [0.1, 0.15) is 61.0 Å². The van der Waals surface area contributed by atoms with E-state index in [1.54, 1.807) is 89.8 Å². The van der Waals surface area contributed by atoms with Gasteiger partial charge in [0.1, 0.15) is 11.7 Å². The molecule has 6 aromatic carbocycles. The number of carbonyl (C=O) groups is 2. The first-order valence-electron chi connectivity index (χ1n) is 18.4. The Balaban J connectivity index is 0.000000221. The van der Waals surface area contributed by atoms with Crippen molar-refractivity contribution in [2.75, 3.05) is 16.8 Å². The van der Waals surface area contributed by atoms with Gasteiger partial charge in [-0.2, -0.15) is 0 Å². The Hall–Kier alpha value is -5.24. The monoisotopic (exact) mass is 854 g/mol. The molecule has 0 aliphatic carbocycles. The van der Waals surface area contributed by atoms with E-state index in [-0.39, 0.29) is 36.3 Å². The number of hydrogen-bond acceptors (Lipinski definition) is 2. The van der Waals surface area contributed by atoms with Crippen molar-refractivity contribution in [1.29, 1.82) is 0 Å². The number of para-hydroxylation sites is 2. The van der Waals surface area contributed by atoms with E-state index in [1.165, 1.54) is 12.2 Å². The topological polar surface area (TPSA) is 49.4 Å². The molecule has 0 atom stereocenters. The second-order valence-corrected chi connectivity index (χ2v) is 15.0. The molecule has 296 valence electrons. The second kappa shape index (κ2) is 21.0. The third-order valence-corrected chi connectivity index (χ3v) is 10.5. The largest absolute Gasteiger partial charge is 0.322 e. The maximum atomic E-state index is 14.4. The van der Waals surface area contributed by atoms with Gasteiger partial charge < -0.3 is 10.2 Å². The van der Waals surface area contributed by atoms with Gasteiger partial charge in [-0.15, -0.1) is 0 Å². The predicted octanol–water partition coefficient (Wildman–Crippen LogP) is 14.6. The lowest BCUT2D eigenvalue weighted by Crippen LogP contribution is -2.31. The van der Waals surface area contributed by atoms with Crippen LogP contribution in [-0.4, -0.2) is 18.4 Å². The van der Waals surface area contributed by atoms with Crippen LogP contribution in [0.15, 0.2) is 145 Å². The van der Waals surface area contributed by atoms with E-state index in [1.807, 2.05) is 69.3 Å². The Morgan fingerprint density at radius 1 is 0.586 bits per heavy atom. The summed E-state index contributed by atoms with van der Waals surface area (Å²) in [4.78, 5) is 27.1. The maximum absolute atomic E-state index is 14.4. The molecule has 0 aliphatic rings. The molecule has 0 fully saturated rings. The average Bonchev–Trinajstić information content (AvgIpc) is 3.20. The number of anilines is 2. The summed E-state index contributed by atoms with van der Waals surface area (Å²) in [5, 5.41) is 4.51. The van der Waals surface area contributed by atoms with Crippen LogP contribution in [0.4, 0.5) is 20.2 Å². The Labute approximate surface area is 358 Å². The number of carbonyl (C=O) groups excluding carboxylic acids is 2. The summed E-state index contributed by atoms with van der Waals surface area (Å²) in [6, 6.07) is 39.2. The fourth-order valence-corrected chi connectivity index (χ4v) is 6.56. The van der Waals surface area contributed by atoms with Crippen LogP contribution < -0.4 is 10.2 Å². The van der Waals surface area contributed by atoms with Crippen molar-refractivity contribution in [3.63, 3.8) is 0 Å². The highest BCUT2D eigenvalue weighted by Gasteiger charge is 2.17. The highest BCUT2D eigenvalue weighted by atomic mass is 35.5. The first kappa shape index (κ1) is 43.9. The number of nitrogens with zero attached hydrogens (tertiary/aromatic N) is 1. The van der Waals surface area contributed by atoms with Crippen molar-refractivity contribution in [1.82, 2.24) is 0 Å². The van der Waals surface area contributed by atoms with Gasteiger partial charge in [0.15, 0.2) is 0 Å². The van der Waals surface area contributed by atoms with Crippen molar-refractivity contribution in [2.24, 2.45) is 0 Å². The standard InChI is InChI=1S/C25H22Cl2FNO.C23H18Cl2FNO/c1-3-29(24-7-5-4-6-17(24)2)25(30)20-11-8-18(9-12-20)14-21(28)15-19-10-13-22(26)23(27)16-19;1-15-4-2-3-5-22(15)27-23(28)18-9-6-16(7-10-18)12-19(26)13-17-8-11-20(24)21(25)14-17/h4-13,15-16H,3,14H2,1-2H3;2-11,13-14H,12H2,1H3,(H,27,28). The first-order chi connectivity index (χ1) is 27.8. The van der Waals surface area contributed by atoms with Gasteiger partial charge in [-0.05, 0) is 127 Å². The van der Waals surface area contributed by atoms with Crippen LogP contribution in [-0.2, 0) is 12.8 Å². The number of rotatable bonds is 11. The average molecular weight is 857 g/mol. The molecule has 10 heteroatoms. The zero-order valence-electron chi connectivity index (χ0n) is 32.0. The minimum absolute atomic E-state index is 0.0785. The number of aryl methyl sites for hydroxylation is 2. The third kappa shape index (κ3) is 12.4. The number of allylic oxidation sites excluding steroid dienone is 2. The van der Waals surface area contributed by atoms with E-state index in [4.69, 9.17) is 46.4 Å². The van der Waals surface area contributed by atoms with Crippen LogP contribution >= 0.6 is 46.4 Å². The molecule has 0 bridgehead atoms. The third-order valence-electron chi connectivity index (χ3n) is 9.06. The lowest BCUT2D eigenvalue weighted by atomic mass is 10.1. The van der Waals surface area contributed by atoms with Gasteiger partial charge in [0.2, 0.25) is 0 Å². The Kier molecular flexibility index (Phi) is 15.9. The van der Waals surface area contributed by atoms with Crippen LogP contribution in [0.2, 0.25) is 20.1 Å². The van der Waals surface area contributed by atoms with Crippen molar-refractivity contribution >= 4 is 81.7 Å². The number of nitrogens with one attached hydrogen (secondary N) is 1. The Bertz CT molecular complexity index is 2450. The summed E-state index contributed by atoms with van der Waals surface area (Å²) in [7, 11) is 0. The summed E-state index contributed by atoms with van der Waals surface area (Å²) in [5.74, 6) is -0.893. The molecule has 0 saturated heterocycles. The molecule has 0 spiro atoms. The molecule has 0 unspecified atom stereocenters. The van der Waals surface area contributed by atoms with E-state index in [2.05, 4.69) is 5.32 Å². The maximum Gasteiger partial charge on any atom is 0.258 e. The number of halogens is 6. The zero-order valence-corrected chi connectivity index (χ0v) is 35.0. The molecule has 0 aliphatic heterocycles. The summed E-state index contributed by atoms with van der Waals surface area (Å²) in [6.07, 6.45) is 3.10. The molecular formula is C48H40Cl4F2N2O2. The molecule has 6 rings (SSSR count). The second-order valence-electron chi connectivity index (χ2n) is 13.4. The van der Waals surface area contributed by atoms with Crippen molar-refractivity contribution in [3.8, 4) is 0 Å². The van der Waals surface area contributed by atoms with Crippen LogP contribution in [0, 0.1) is 13.8 Å². The van der Waals surface area contributed by atoms with Gasteiger partial charge >= 0.3 is 0 Å². The van der Waals surface area contributed by atoms with Gasteiger partial charge in [0.25, 0.3) is 11.8 Å². The first-order valence-corrected chi connectivity index (χ1v) is 19.9. The van der Waals surface area contributed by atoms with Crippen molar-refractivity contribution < 1.29 is 18.4 Å². The van der Waals surface area contributed by atoms with Gasteiger partial charge in [0, 0.05) is 41.9 Å². The zero-order chi connectivity index (χ0) is 41.8. The molecule has 6 aromatic rings. The fraction of sp³-hybridized carbons (Fsp3) is 0.125. The van der Waals surface area contributed by atoms with Crippen LogP contribution in [0.3, 0.4) is 0 Å². The minimum Gasteiger partial charge on any atom is -0.322 e. The van der Waals surface area contributed by atoms with Crippen LogP contribution in [0.5, 0.6) is 0 Å². The molecule has 2 amide bonds. The normalized spacial score (nSPS) is 11.4. The summed E-state index contributed by atoms with van der Waals surface area (Å²) in [6.45, 7) is 6.42. The van der Waals surface area contributed by atoms with Gasteiger partial charge in [-0.25, -0.2) is 8.78 Å². The SMILES string of the molecule is CCN(C(=O)c1ccc(CC(F)=Cc2ccc(Cl)c(Cl)c2)cc1)c1ccccc1C.Cc1ccccc1NC(=O)c1ccc(CC(F)=Cc2ccc(Cl)c(Cl)c2)cc1. The summed E-state index contributed by atoms with van der Waals surface area (Å²) in [5.41, 5.74) is 7.60. The number of benzene rings is 6. The van der Waals surface area contributed by atoms with E-state index in [0.717, 1.165) is 33.6 Å². The van der Waals surface area contributed by atoms with Gasteiger partial charge in [-0.1, -0.05) is 119 Å². The smallest absolute Gasteiger partial charge is 0.258 e. The summed E-state index contributed by atoms with van der Waals surface area (Å²) < 4.78 is 28.7. The van der Waals surface area contributed by atoms with Gasteiger partial charge in [0.05, 0.1) is 20.1 Å². The fourth-order valence-electron chi connectivity index (χ4n) is 5.95. The number of hydrogen-bond donors (Lipinski definition) is 1. The van der Waals surface area contributed by atoms with Crippen molar-refractivity contribution in [3.05, 3.63) is 210 Å². The lowest BCUT2D eigenvalue weighted by Gasteiger charge is -2.23. The molecule has 4 nitrogen and oxygen atoms in total. The summed E-state index contributed by atoms with van der Waals surface area (Å²) >= 11 is 23.7. The lowest BCUT2D eigenvalue weighted by molar-refractivity contribution is 0.0986. The molecule has 0 heterocycles. The van der Waals surface area contributed by atoms with Gasteiger partial charge in [-0.3, -0.25) is 9.59 Å². The van der Waals surface area contributed by atoms with Crippen LogP contribution in [0.25, 0.3) is 12.2 Å². The van der Waals surface area contributed by atoms with E-state index < -0.39 is 0 Å². The number of amides is 2. The molecule has 1 N–H and O–H groups in total. The Morgan fingerprint density at radius 3 is 1.52 bits per heavy atom. The molecule has 0 aromatic heterocycles. The van der Waals surface area contributed by atoms with E-state index >= 15 is 0 Å². The Morgan fingerprint density at radius 2 is 1.05 bits per heavy atom. The molecule has 58 heavy (non-hydrogen) atoms. The van der Waals surface area contributed by atoms with E-state index in [9.17, 15) is 18.4 Å². The quantitative estimate of drug-likeness (QED) is 0.141. The highest BCUT2D eigenvalue weighted by molar-refractivity contribution is 6.42. The molecular weight excluding hydrogens is 816 g/mol. The highest BCUT2D eigenvalue weighted by Crippen LogP contribution is 2.27. The minimum atomic E-state index is -0.310. The van der Waals surface area contributed by atoms with Crippen molar-refractivity contribution in [2.45, 2.75) is 33.6 Å².